The number of aromatic amines is 1. The Morgan fingerprint density at radius 1 is 0.917 bits per heavy atom. The van der Waals surface area contributed by atoms with Gasteiger partial charge in [0.05, 0.1) is 16.8 Å². The smallest absolute Gasteiger partial charge is 0.416 e. The van der Waals surface area contributed by atoms with Crippen molar-refractivity contribution in [3.63, 3.8) is 0 Å². The van der Waals surface area contributed by atoms with E-state index in [1.165, 1.54) is 24.3 Å². The first-order valence-corrected chi connectivity index (χ1v) is 6.84. The summed E-state index contributed by atoms with van der Waals surface area (Å²) < 4.78 is 37.6. The Labute approximate surface area is 133 Å². The number of carbonyl (C=O) groups excluding carboxylic acids is 1. The number of rotatable bonds is 3. The molecule has 4 nitrogen and oxygen atoms in total. The number of aromatic carboxylic acids is 1. The van der Waals surface area contributed by atoms with Crippen molar-refractivity contribution in [1.82, 2.24) is 4.98 Å². The predicted octanol–water partition coefficient (Wildman–Crippen LogP) is 4.12. The summed E-state index contributed by atoms with van der Waals surface area (Å²) in [6.07, 6.45) is -4.46. The molecule has 0 saturated heterocycles. The van der Waals surface area contributed by atoms with Crippen molar-refractivity contribution in [3.8, 4) is 0 Å². The van der Waals surface area contributed by atoms with Gasteiger partial charge >= 0.3 is 12.1 Å². The molecule has 0 fully saturated rings. The number of alkyl halides is 3. The van der Waals surface area contributed by atoms with Gasteiger partial charge in [-0.25, -0.2) is 4.79 Å². The Bertz CT molecular complexity index is 940. The molecule has 1 heterocycles. The number of nitrogens with one attached hydrogen (secondary N) is 1. The highest BCUT2D eigenvalue weighted by Crippen LogP contribution is 2.29. The van der Waals surface area contributed by atoms with Gasteiger partial charge in [0.25, 0.3) is 0 Å². The first kappa shape index (κ1) is 15.8. The zero-order valence-corrected chi connectivity index (χ0v) is 12.0. The van der Waals surface area contributed by atoms with E-state index in [1.54, 1.807) is 0 Å². The zero-order valence-electron chi connectivity index (χ0n) is 12.0. The van der Waals surface area contributed by atoms with Crippen LogP contribution in [0, 0.1) is 0 Å². The maximum atomic E-state index is 12.5. The Hall–Kier alpha value is -3.09. The number of benzene rings is 2. The number of halogens is 3. The van der Waals surface area contributed by atoms with Gasteiger partial charge < -0.3 is 10.1 Å². The molecule has 0 radical (unpaired) electrons. The van der Waals surface area contributed by atoms with Crippen molar-refractivity contribution in [3.05, 3.63) is 70.9 Å². The van der Waals surface area contributed by atoms with Gasteiger partial charge in [0.2, 0.25) is 5.78 Å². The Balaban J connectivity index is 1.95. The van der Waals surface area contributed by atoms with Gasteiger partial charge in [0, 0.05) is 16.5 Å². The fourth-order valence-corrected chi connectivity index (χ4v) is 2.35. The average molecular weight is 333 g/mol. The van der Waals surface area contributed by atoms with Crippen LogP contribution in [-0.2, 0) is 6.18 Å². The number of carboxylic acids is 1. The van der Waals surface area contributed by atoms with Crippen LogP contribution < -0.4 is 0 Å². The van der Waals surface area contributed by atoms with Crippen LogP contribution in [0.2, 0.25) is 0 Å². The molecular formula is C17H10F3NO3. The van der Waals surface area contributed by atoms with E-state index >= 15 is 0 Å². The molecule has 3 aromatic rings. The molecule has 0 spiro atoms. The summed E-state index contributed by atoms with van der Waals surface area (Å²) >= 11 is 0. The summed E-state index contributed by atoms with van der Waals surface area (Å²) in [6.45, 7) is 0. The molecule has 2 aromatic carbocycles. The third-order valence-electron chi connectivity index (χ3n) is 3.59. The second-order valence-electron chi connectivity index (χ2n) is 5.19. The first-order valence-electron chi connectivity index (χ1n) is 6.84. The summed E-state index contributed by atoms with van der Waals surface area (Å²) in [6, 6.07) is 9.73. The Kier molecular flexibility index (Phi) is 3.63. The molecule has 0 aliphatic heterocycles. The third-order valence-corrected chi connectivity index (χ3v) is 3.59. The standard InChI is InChI=1S/C17H10F3NO3/c18-17(19,20)12-4-1-9(2-5-12)15(22)14-8-11-7-10(16(23)24)3-6-13(11)21-14/h1-8,21H,(H,23,24). The monoisotopic (exact) mass is 333 g/mol. The van der Waals surface area contributed by atoms with Crippen molar-refractivity contribution in [1.29, 1.82) is 0 Å². The van der Waals surface area contributed by atoms with Gasteiger partial charge in [-0.3, -0.25) is 4.79 Å². The topological polar surface area (TPSA) is 70.2 Å². The number of ketones is 1. The molecule has 1 aromatic heterocycles. The van der Waals surface area contributed by atoms with Crippen molar-refractivity contribution in [2.24, 2.45) is 0 Å². The molecule has 0 unspecified atom stereocenters. The maximum absolute atomic E-state index is 12.5. The number of H-pyrrole nitrogens is 1. The van der Waals surface area contributed by atoms with Crippen molar-refractivity contribution in [2.45, 2.75) is 6.18 Å². The minimum absolute atomic E-state index is 0.0787. The predicted molar refractivity (Wildman–Crippen MR) is 80.1 cm³/mol. The summed E-state index contributed by atoms with van der Waals surface area (Å²) in [5.41, 5.74) is 0.0902. The zero-order chi connectivity index (χ0) is 17.5. The van der Waals surface area contributed by atoms with Crippen LogP contribution in [0.25, 0.3) is 10.9 Å². The van der Waals surface area contributed by atoms with Crippen molar-refractivity contribution >= 4 is 22.7 Å². The summed E-state index contributed by atoms with van der Waals surface area (Å²) in [7, 11) is 0. The summed E-state index contributed by atoms with van der Waals surface area (Å²) in [5.74, 6) is -1.56. The minimum Gasteiger partial charge on any atom is -0.478 e. The van der Waals surface area contributed by atoms with E-state index in [1.807, 2.05) is 0 Å². The maximum Gasteiger partial charge on any atom is 0.416 e. The van der Waals surface area contributed by atoms with Crippen molar-refractivity contribution in [2.75, 3.05) is 0 Å². The van der Waals surface area contributed by atoms with E-state index in [2.05, 4.69) is 4.98 Å². The molecule has 2 N–H and O–H groups in total. The SMILES string of the molecule is O=C(O)c1ccc2[nH]c(C(=O)c3ccc(C(F)(F)F)cc3)cc2c1. The van der Waals surface area contributed by atoms with E-state index in [0.29, 0.717) is 10.9 Å². The molecule has 24 heavy (non-hydrogen) atoms. The number of hydrogen-bond acceptors (Lipinski definition) is 2. The number of fused-ring (bicyclic) bond motifs is 1. The van der Waals surface area contributed by atoms with Crippen LogP contribution >= 0.6 is 0 Å². The highest BCUT2D eigenvalue weighted by atomic mass is 19.4. The fraction of sp³-hybridized carbons (Fsp3) is 0.0588. The van der Waals surface area contributed by atoms with E-state index in [0.717, 1.165) is 24.3 Å². The van der Waals surface area contributed by atoms with Crippen LogP contribution in [0.3, 0.4) is 0 Å². The van der Waals surface area contributed by atoms with E-state index in [4.69, 9.17) is 5.11 Å². The fourth-order valence-electron chi connectivity index (χ4n) is 2.35. The van der Waals surface area contributed by atoms with Gasteiger partial charge in [-0.1, -0.05) is 12.1 Å². The van der Waals surface area contributed by atoms with Crippen molar-refractivity contribution < 1.29 is 27.9 Å². The largest absolute Gasteiger partial charge is 0.478 e. The number of hydrogen-bond donors (Lipinski definition) is 2. The molecule has 0 aliphatic carbocycles. The molecule has 7 heteroatoms. The molecule has 0 aliphatic rings. The van der Waals surface area contributed by atoms with Crippen LogP contribution in [0.1, 0.15) is 32.0 Å². The second-order valence-corrected chi connectivity index (χ2v) is 5.19. The Morgan fingerprint density at radius 3 is 2.12 bits per heavy atom. The summed E-state index contributed by atoms with van der Waals surface area (Å²) in [5, 5.41) is 9.49. The van der Waals surface area contributed by atoms with Gasteiger partial charge in [-0.05, 0) is 36.4 Å². The lowest BCUT2D eigenvalue weighted by molar-refractivity contribution is -0.137. The Morgan fingerprint density at radius 2 is 1.54 bits per heavy atom. The molecule has 0 atom stereocenters. The third kappa shape index (κ3) is 2.88. The number of carbonyl (C=O) groups is 2. The van der Waals surface area contributed by atoms with Crippen LogP contribution in [-0.4, -0.2) is 21.8 Å². The van der Waals surface area contributed by atoms with E-state index in [9.17, 15) is 22.8 Å². The molecule has 0 saturated carbocycles. The first-order chi connectivity index (χ1) is 11.3. The molecule has 122 valence electrons. The highest BCUT2D eigenvalue weighted by Gasteiger charge is 2.30. The van der Waals surface area contributed by atoms with Gasteiger partial charge in [-0.15, -0.1) is 0 Å². The van der Waals surface area contributed by atoms with Gasteiger partial charge in [-0.2, -0.15) is 13.2 Å². The second kappa shape index (κ2) is 5.52. The highest BCUT2D eigenvalue weighted by molar-refractivity contribution is 6.10. The summed E-state index contributed by atoms with van der Waals surface area (Å²) in [4.78, 5) is 26.2. The average Bonchev–Trinajstić information content (AvgIpc) is 2.96. The molecular weight excluding hydrogens is 323 g/mol. The lowest BCUT2D eigenvalue weighted by Crippen LogP contribution is -2.06. The van der Waals surface area contributed by atoms with E-state index in [-0.39, 0.29) is 16.8 Å². The van der Waals surface area contributed by atoms with E-state index < -0.39 is 23.5 Å². The van der Waals surface area contributed by atoms with Crippen LogP contribution in [0.5, 0.6) is 0 Å². The lowest BCUT2D eigenvalue weighted by atomic mass is 10.1. The molecule has 0 bridgehead atoms. The van der Waals surface area contributed by atoms with Crippen LogP contribution in [0.15, 0.2) is 48.5 Å². The minimum atomic E-state index is -4.46. The lowest BCUT2D eigenvalue weighted by Gasteiger charge is -2.06. The van der Waals surface area contributed by atoms with Gasteiger partial charge in [0.1, 0.15) is 0 Å². The quantitative estimate of drug-likeness (QED) is 0.709. The molecule has 3 rings (SSSR count). The van der Waals surface area contributed by atoms with Crippen LogP contribution in [0.4, 0.5) is 13.2 Å². The normalized spacial score (nSPS) is 11.6. The number of carboxylic acid groups (broad SMARTS) is 1. The number of aromatic nitrogens is 1. The molecule has 0 amide bonds. The van der Waals surface area contributed by atoms with Gasteiger partial charge in [0.15, 0.2) is 0 Å².